The molecule has 0 aliphatic heterocycles. The summed E-state index contributed by atoms with van der Waals surface area (Å²) in [6.07, 6.45) is 0. The number of hydrogen-bond donors (Lipinski definition) is 0. The SMILES string of the molecule is [C-]#[N+]/C(C#N)=C1/c2cc(F)ccc2-c2c1sc1c2-c2ccc(F)cc2/C1=C(/C#N)[N+]#[C-]. The van der Waals surface area contributed by atoms with Crippen molar-refractivity contribution in [3.63, 3.8) is 0 Å². The largest absolute Gasteiger partial charge is 0.271 e. The zero-order valence-electron chi connectivity index (χ0n) is 15.4. The molecule has 0 saturated heterocycles. The van der Waals surface area contributed by atoms with Gasteiger partial charge in [-0.15, -0.1) is 11.3 Å². The topological polar surface area (TPSA) is 56.3 Å². The highest BCUT2D eigenvalue weighted by Crippen LogP contribution is 2.61. The number of rotatable bonds is 0. The van der Waals surface area contributed by atoms with Crippen LogP contribution in [-0.4, -0.2) is 0 Å². The summed E-state index contributed by atoms with van der Waals surface area (Å²) in [6.45, 7) is 14.8. The quantitative estimate of drug-likeness (QED) is 0.215. The number of hydrogen-bond acceptors (Lipinski definition) is 3. The molecule has 7 heteroatoms. The Balaban J connectivity index is 1.99. The summed E-state index contributed by atoms with van der Waals surface area (Å²) in [5, 5.41) is 19.0. The van der Waals surface area contributed by atoms with E-state index in [9.17, 15) is 19.3 Å². The molecule has 5 rings (SSSR count). The van der Waals surface area contributed by atoms with E-state index in [1.807, 2.05) is 12.1 Å². The Kier molecular flexibility index (Phi) is 3.86. The number of nitrogens with zero attached hydrogens (tertiary/aromatic N) is 4. The highest BCUT2D eigenvalue weighted by atomic mass is 32.1. The first-order chi connectivity index (χ1) is 15.0. The Morgan fingerprint density at radius 1 is 0.742 bits per heavy atom. The van der Waals surface area contributed by atoms with Crippen molar-refractivity contribution in [3.8, 4) is 34.4 Å². The van der Waals surface area contributed by atoms with Gasteiger partial charge in [0.1, 0.15) is 11.6 Å². The molecule has 0 N–H and O–H groups in total. The number of halogens is 2. The van der Waals surface area contributed by atoms with Crippen molar-refractivity contribution in [1.29, 1.82) is 10.5 Å². The molecule has 3 aromatic rings. The van der Waals surface area contributed by atoms with Crippen LogP contribution in [0.15, 0.2) is 47.8 Å². The third-order valence-corrected chi connectivity index (χ3v) is 6.54. The number of thiophene rings is 1. The number of allylic oxidation sites excluding steroid dienone is 2. The molecule has 0 fully saturated rings. The second kappa shape index (κ2) is 6.48. The van der Waals surface area contributed by atoms with Crippen molar-refractivity contribution in [3.05, 3.63) is 103 Å². The van der Waals surface area contributed by atoms with Gasteiger partial charge in [0.25, 0.3) is 11.4 Å². The van der Waals surface area contributed by atoms with Crippen molar-refractivity contribution in [2.24, 2.45) is 0 Å². The van der Waals surface area contributed by atoms with E-state index < -0.39 is 11.6 Å². The lowest BCUT2D eigenvalue weighted by Crippen LogP contribution is -1.87. The summed E-state index contributed by atoms with van der Waals surface area (Å²) in [6, 6.07) is 12.2. The number of fused-ring (bicyclic) bond motifs is 7. The fourth-order valence-corrected chi connectivity index (χ4v) is 5.62. The molecular formula is C24H6F2N4S. The first-order valence-corrected chi connectivity index (χ1v) is 9.67. The predicted octanol–water partition coefficient (Wildman–Crippen LogP) is 6.39. The molecule has 0 amide bonds. The lowest BCUT2D eigenvalue weighted by atomic mass is 9.99. The molecule has 0 unspecified atom stereocenters. The van der Waals surface area contributed by atoms with Crippen LogP contribution < -0.4 is 0 Å². The van der Waals surface area contributed by atoms with Crippen LogP contribution in [0, 0.1) is 47.4 Å². The van der Waals surface area contributed by atoms with Crippen LogP contribution in [0.4, 0.5) is 8.78 Å². The van der Waals surface area contributed by atoms with Gasteiger partial charge in [-0.3, -0.25) is 0 Å². The molecule has 0 saturated carbocycles. The maximum atomic E-state index is 14.1. The van der Waals surface area contributed by atoms with E-state index in [1.165, 1.54) is 35.6 Å². The van der Waals surface area contributed by atoms with Gasteiger partial charge < -0.3 is 0 Å². The van der Waals surface area contributed by atoms with Gasteiger partial charge in [-0.25, -0.2) is 29.0 Å². The minimum absolute atomic E-state index is 0.166. The van der Waals surface area contributed by atoms with E-state index in [0.717, 1.165) is 0 Å². The molecule has 0 radical (unpaired) electrons. The molecule has 1 aromatic heterocycles. The van der Waals surface area contributed by atoms with Crippen LogP contribution in [0.25, 0.3) is 43.1 Å². The Hall–Kier alpha value is -4.56. The first-order valence-electron chi connectivity index (χ1n) is 8.85. The summed E-state index contributed by atoms with van der Waals surface area (Å²) < 4.78 is 28.1. The molecule has 0 spiro atoms. The maximum Gasteiger partial charge on any atom is 0.271 e. The third-order valence-electron chi connectivity index (χ3n) is 5.31. The Bertz CT molecular complexity index is 1440. The van der Waals surface area contributed by atoms with Gasteiger partial charge in [0.15, 0.2) is 0 Å². The molecule has 1 heterocycles. The second-order valence-corrected chi connectivity index (χ2v) is 7.81. The smallest absolute Gasteiger partial charge is 0.226 e. The highest BCUT2D eigenvalue weighted by molar-refractivity contribution is 7.16. The highest BCUT2D eigenvalue weighted by Gasteiger charge is 2.39. The molecule has 0 bridgehead atoms. The molecule has 2 aliphatic rings. The molecule has 2 aliphatic carbocycles. The molecule has 31 heavy (non-hydrogen) atoms. The Morgan fingerprint density at radius 2 is 1.16 bits per heavy atom. The van der Waals surface area contributed by atoms with Crippen molar-refractivity contribution >= 4 is 22.5 Å². The van der Waals surface area contributed by atoms with Gasteiger partial charge in [-0.1, -0.05) is 12.1 Å². The van der Waals surface area contributed by atoms with Gasteiger partial charge in [0.05, 0.1) is 25.3 Å². The molecule has 4 nitrogen and oxygen atoms in total. The van der Waals surface area contributed by atoms with Gasteiger partial charge in [0, 0.05) is 32.0 Å². The summed E-state index contributed by atoms with van der Waals surface area (Å²) in [5.41, 5.74) is 3.94. The van der Waals surface area contributed by atoms with Crippen LogP contribution in [0.3, 0.4) is 0 Å². The lowest BCUT2D eigenvalue weighted by Gasteiger charge is -2.05. The normalized spacial score (nSPS) is 15.4. The average molecular weight is 420 g/mol. The summed E-state index contributed by atoms with van der Waals surface area (Å²) in [5.74, 6) is -0.985. The second-order valence-electron chi connectivity index (χ2n) is 6.78. The zero-order chi connectivity index (χ0) is 21.9. The number of benzene rings is 2. The summed E-state index contributed by atoms with van der Waals surface area (Å²) in [4.78, 5) is 7.87. The zero-order valence-corrected chi connectivity index (χ0v) is 16.2. The van der Waals surface area contributed by atoms with E-state index >= 15 is 0 Å². The summed E-state index contributed by atoms with van der Waals surface area (Å²) >= 11 is 1.22. The average Bonchev–Trinajstić information content (AvgIpc) is 3.37. The van der Waals surface area contributed by atoms with Gasteiger partial charge >= 0.3 is 0 Å². The van der Waals surface area contributed by atoms with Crippen LogP contribution in [0.5, 0.6) is 0 Å². The minimum atomic E-state index is -0.492. The van der Waals surface area contributed by atoms with E-state index in [4.69, 9.17) is 13.1 Å². The molecule has 2 aromatic carbocycles. The van der Waals surface area contributed by atoms with Crippen molar-refractivity contribution in [2.45, 2.75) is 0 Å². The van der Waals surface area contributed by atoms with E-state index in [-0.39, 0.29) is 11.4 Å². The Labute approximate surface area is 179 Å². The van der Waals surface area contributed by atoms with Crippen LogP contribution in [0.1, 0.15) is 20.9 Å². The van der Waals surface area contributed by atoms with Crippen molar-refractivity contribution in [1.82, 2.24) is 0 Å². The van der Waals surface area contributed by atoms with Crippen LogP contribution in [-0.2, 0) is 0 Å². The summed E-state index contributed by atoms with van der Waals surface area (Å²) in [7, 11) is 0. The van der Waals surface area contributed by atoms with Crippen LogP contribution in [0.2, 0.25) is 0 Å². The standard InChI is InChI=1S/C24H6F2N4S/c1-29-17(9-27)19-15-7-11(25)3-5-13(15)21-22-14-6-4-12(26)8-16(14)20(18(10-28)30-2)24(22)31-23(19)21/h3-8H/b19-17-,20-18+. The van der Waals surface area contributed by atoms with E-state index in [0.29, 0.717) is 54.3 Å². The third kappa shape index (κ3) is 2.33. The maximum absolute atomic E-state index is 14.1. The molecule has 0 atom stereocenters. The molecule has 142 valence electrons. The Morgan fingerprint density at radius 3 is 1.52 bits per heavy atom. The van der Waals surface area contributed by atoms with Gasteiger partial charge in [-0.05, 0) is 46.5 Å². The van der Waals surface area contributed by atoms with Gasteiger partial charge in [-0.2, -0.15) is 0 Å². The minimum Gasteiger partial charge on any atom is -0.226 e. The predicted molar refractivity (Wildman–Crippen MR) is 112 cm³/mol. The van der Waals surface area contributed by atoms with Crippen LogP contribution >= 0.6 is 11.3 Å². The van der Waals surface area contributed by atoms with Gasteiger partial charge in [0.2, 0.25) is 0 Å². The first kappa shape index (κ1) is 18.5. The monoisotopic (exact) mass is 420 g/mol. The number of nitriles is 2. The fraction of sp³-hybridized carbons (Fsp3) is 0. The molecular weight excluding hydrogens is 414 g/mol. The lowest BCUT2D eigenvalue weighted by molar-refractivity contribution is 0.627. The van der Waals surface area contributed by atoms with E-state index in [2.05, 4.69) is 9.69 Å². The fourth-order valence-electron chi connectivity index (χ4n) is 4.17. The van der Waals surface area contributed by atoms with E-state index in [1.54, 1.807) is 12.1 Å². The van der Waals surface area contributed by atoms with Crippen molar-refractivity contribution < 1.29 is 8.78 Å². The van der Waals surface area contributed by atoms with Crippen molar-refractivity contribution in [2.75, 3.05) is 0 Å².